The molecule has 0 radical (unpaired) electrons. The maximum absolute atomic E-state index is 13.7. The standard InChI is InChI=1S/C17H25FN2O2/c1-19(12-14-7-8-16(22-2)15(18)11-14)13-17(21)20-9-5-3-4-6-10-20/h7-8,11H,3-6,9-10,12-13H2,1-2H3. The zero-order valence-electron chi connectivity index (χ0n) is 13.5. The minimum atomic E-state index is -0.368. The van der Waals surface area contributed by atoms with E-state index >= 15 is 0 Å². The number of amides is 1. The van der Waals surface area contributed by atoms with Gasteiger partial charge in [0, 0.05) is 19.6 Å². The van der Waals surface area contributed by atoms with Gasteiger partial charge in [-0.1, -0.05) is 18.9 Å². The molecule has 0 spiro atoms. The van der Waals surface area contributed by atoms with Gasteiger partial charge in [-0.05, 0) is 37.6 Å². The molecule has 0 saturated carbocycles. The van der Waals surface area contributed by atoms with Crippen molar-refractivity contribution in [1.29, 1.82) is 0 Å². The zero-order chi connectivity index (χ0) is 15.9. The lowest BCUT2D eigenvalue weighted by molar-refractivity contribution is -0.132. The van der Waals surface area contributed by atoms with Crippen LogP contribution in [0.1, 0.15) is 31.2 Å². The minimum Gasteiger partial charge on any atom is -0.494 e. The maximum Gasteiger partial charge on any atom is 0.236 e. The number of rotatable bonds is 5. The van der Waals surface area contributed by atoms with Crippen LogP contribution in [0.4, 0.5) is 4.39 Å². The third-order valence-electron chi connectivity index (χ3n) is 4.03. The van der Waals surface area contributed by atoms with Gasteiger partial charge in [0.05, 0.1) is 13.7 Å². The first-order chi connectivity index (χ1) is 10.6. The van der Waals surface area contributed by atoms with E-state index in [0.717, 1.165) is 31.5 Å². The van der Waals surface area contributed by atoms with Gasteiger partial charge in [-0.15, -0.1) is 0 Å². The van der Waals surface area contributed by atoms with Crippen molar-refractivity contribution in [2.75, 3.05) is 33.8 Å². The molecule has 5 heteroatoms. The molecule has 1 aliphatic heterocycles. The Hall–Kier alpha value is -1.62. The summed E-state index contributed by atoms with van der Waals surface area (Å²) in [5.41, 5.74) is 0.837. The van der Waals surface area contributed by atoms with Gasteiger partial charge in [0.15, 0.2) is 11.6 Å². The number of nitrogens with zero attached hydrogens (tertiary/aromatic N) is 2. The fourth-order valence-corrected chi connectivity index (χ4v) is 2.83. The van der Waals surface area contributed by atoms with Crippen LogP contribution in [-0.4, -0.2) is 49.5 Å². The number of benzene rings is 1. The van der Waals surface area contributed by atoms with E-state index in [-0.39, 0.29) is 17.5 Å². The van der Waals surface area contributed by atoms with E-state index in [2.05, 4.69) is 0 Å². The average Bonchev–Trinajstić information content (AvgIpc) is 2.76. The summed E-state index contributed by atoms with van der Waals surface area (Å²) in [5, 5.41) is 0. The Morgan fingerprint density at radius 1 is 1.27 bits per heavy atom. The maximum atomic E-state index is 13.7. The van der Waals surface area contributed by atoms with Crippen LogP contribution in [0.25, 0.3) is 0 Å². The van der Waals surface area contributed by atoms with Crippen molar-refractivity contribution < 1.29 is 13.9 Å². The van der Waals surface area contributed by atoms with Crippen LogP contribution in [0.5, 0.6) is 5.75 Å². The summed E-state index contributed by atoms with van der Waals surface area (Å²) in [7, 11) is 3.34. The quantitative estimate of drug-likeness (QED) is 0.838. The van der Waals surface area contributed by atoms with Crippen molar-refractivity contribution >= 4 is 5.91 Å². The van der Waals surface area contributed by atoms with E-state index in [0.29, 0.717) is 13.1 Å². The number of carbonyl (C=O) groups excluding carboxylic acids is 1. The highest BCUT2D eigenvalue weighted by molar-refractivity contribution is 5.78. The third kappa shape index (κ3) is 4.70. The van der Waals surface area contributed by atoms with E-state index < -0.39 is 0 Å². The Balaban J connectivity index is 1.87. The summed E-state index contributed by atoms with van der Waals surface area (Å²) in [4.78, 5) is 16.2. The van der Waals surface area contributed by atoms with Crippen LogP contribution < -0.4 is 4.74 Å². The van der Waals surface area contributed by atoms with E-state index in [9.17, 15) is 9.18 Å². The monoisotopic (exact) mass is 308 g/mol. The predicted octanol–water partition coefficient (Wildman–Crippen LogP) is 2.67. The molecule has 1 aromatic carbocycles. The molecule has 122 valence electrons. The van der Waals surface area contributed by atoms with Crippen molar-refractivity contribution in [2.45, 2.75) is 32.2 Å². The molecule has 0 bridgehead atoms. The van der Waals surface area contributed by atoms with Crippen LogP contribution in [0, 0.1) is 5.82 Å². The van der Waals surface area contributed by atoms with Gasteiger partial charge in [-0.3, -0.25) is 9.69 Å². The Kier molecular flexibility index (Phi) is 6.19. The fourth-order valence-electron chi connectivity index (χ4n) is 2.83. The van der Waals surface area contributed by atoms with Gasteiger partial charge in [0.2, 0.25) is 5.91 Å². The minimum absolute atomic E-state index is 0.165. The number of likely N-dealkylation sites (tertiary alicyclic amines) is 1. The van der Waals surface area contributed by atoms with Gasteiger partial charge < -0.3 is 9.64 Å². The first-order valence-corrected chi connectivity index (χ1v) is 7.89. The highest BCUT2D eigenvalue weighted by Crippen LogP contribution is 2.18. The predicted molar refractivity (Wildman–Crippen MR) is 84.3 cm³/mol. The van der Waals surface area contributed by atoms with E-state index in [1.165, 1.54) is 26.0 Å². The first kappa shape index (κ1) is 16.7. The van der Waals surface area contributed by atoms with Gasteiger partial charge in [-0.25, -0.2) is 4.39 Å². The molecule has 0 unspecified atom stereocenters. The van der Waals surface area contributed by atoms with Crippen LogP contribution >= 0.6 is 0 Å². The van der Waals surface area contributed by atoms with E-state index in [1.54, 1.807) is 6.07 Å². The lowest BCUT2D eigenvalue weighted by Gasteiger charge is -2.24. The molecule has 1 saturated heterocycles. The van der Waals surface area contributed by atoms with Gasteiger partial charge in [-0.2, -0.15) is 0 Å². The summed E-state index contributed by atoms with van der Waals surface area (Å²) < 4.78 is 18.6. The number of hydrogen-bond acceptors (Lipinski definition) is 3. The Morgan fingerprint density at radius 3 is 2.55 bits per heavy atom. The second-order valence-corrected chi connectivity index (χ2v) is 5.94. The highest BCUT2D eigenvalue weighted by Gasteiger charge is 2.17. The number of ether oxygens (including phenoxy) is 1. The molecule has 1 aromatic rings. The average molecular weight is 308 g/mol. The van der Waals surface area contributed by atoms with Gasteiger partial charge in [0.1, 0.15) is 0 Å². The van der Waals surface area contributed by atoms with E-state index in [1.807, 2.05) is 22.9 Å². The number of methoxy groups -OCH3 is 1. The lowest BCUT2D eigenvalue weighted by atomic mass is 10.2. The molecule has 1 fully saturated rings. The SMILES string of the molecule is COc1ccc(CN(C)CC(=O)N2CCCCCC2)cc1F. The van der Waals surface area contributed by atoms with Crippen molar-refractivity contribution in [3.63, 3.8) is 0 Å². The normalized spacial score (nSPS) is 15.7. The van der Waals surface area contributed by atoms with Crippen LogP contribution in [0.15, 0.2) is 18.2 Å². The van der Waals surface area contributed by atoms with Crippen molar-refractivity contribution in [2.24, 2.45) is 0 Å². The summed E-state index contributed by atoms with van der Waals surface area (Å²) in [6, 6.07) is 4.91. The number of likely N-dealkylation sites (N-methyl/N-ethyl adjacent to an activating group) is 1. The summed E-state index contributed by atoms with van der Waals surface area (Å²) in [6.45, 7) is 2.64. The first-order valence-electron chi connectivity index (χ1n) is 7.89. The summed E-state index contributed by atoms with van der Waals surface area (Å²) in [6.07, 6.45) is 4.62. The molecule has 1 heterocycles. The van der Waals surface area contributed by atoms with E-state index in [4.69, 9.17) is 4.74 Å². The molecule has 22 heavy (non-hydrogen) atoms. The van der Waals surface area contributed by atoms with Crippen LogP contribution in [0.3, 0.4) is 0 Å². The van der Waals surface area contributed by atoms with Crippen molar-refractivity contribution in [3.05, 3.63) is 29.6 Å². The molecule has 0 N–H and O–H groups in total. The molecule has 4 nitrogen and oxygen atoms in total. The Morgan fingerprint density at radius 2 is 1.95 bits per heavy atom. The Labute approximate surface area is 131 Å². The number of carbonyl (C=O) groups is 1. The van der Waals surface area contributed by atoms with Crippen molar-refractivity contribution in [1.82, 2.24) is 9.80 Å². The molecule has 1 aliphatic rings. The highest BCUT2D eigenvalue weighted by atomic mass is 19.1. The molecule has 0 atom stereocenters. The topological polar surface area (TPSA) is 32.8 Å². The molecule has 1 amide bonds. The lowest BCUT2D eigenvalue weighted by Crippen LogP contribution is -2.39. The number of hydrogen-bond donors (Lipinski definition) is 0. The third-order valence-corrected chi connectivity index (χ3v) is 4.03. The van der Waals surface area contributed by atoms with Crippen LogP contribution in [0.2, 0.25) is 0 Å². The molecular formula is C17H25FN2O2. The molecular weight excluding hydrogens is 283 g/mol. The Bertz CT molecular complexity index is 499. The largest absolute Gasteiger partial charge is 0.494 e. The van der Waals surface area contributed by atoms with Gasteiger partial charge in [0.25, 0.3) is 0 Å². The summed E-state index contributed by atoms with van der Waals surface area (Å²) >= 11 is 0. The fraction of sp³-hybridized carbons (Fsp3) is 0.588. The second kappa shape index (κ2) is 8.13. The molecule has 2 rings (SSSR count). The number of halogens is 1. The van der Waals surface area contributed by atoms with Crippen molar-refractivity contribution in [3.8, 4) is 5.75 Å². The zero-order valence-corrected chi connectivity index (χ0v) is 13.5. The van der Waals surface area contributed by atoms with Crippen LogP contribution in [-0.2, 0) is 11.3 Å². The second-order valence-electron chi connectivity index (χ2n) is 5.94. The molecule has 0 aliphatic carbocycles. The smallest absolute Gasteiger partial charge is 0.236 e. The summed E-state index contributed by atoms with van der Waals surface area (Å²) in [5.74, 6) is 0.0395. The van der Waals surface area contributed by atoms with Gasteiger partial charge >= 0.3 is 0 Å². The molecule has 0 aromatic heterocycles.